The SMILES string of the molecule is Cc1ccc(C(C)(C)C=O)cn1. The highest BCUT2D eigenvalue weighted by Crippen LogP contribution is 2.19. The lowest BCUT2D eigenvalue weighted by molar-refractivity contribution is -0.111. The average Bonchev–Trinajstić information content (AvgIpc) is 2.05. The van der Waals surface area contributed by atoms with Crippen molar-refractivity contribution in [3.05, 3.63) is 29.6 Å². The van der Waals surface area contributed by atoms with E-state index in [0.29, 0.717) is 0 Å². The Morgan fingerprint density at radius 1 is 1.42 bits per heavy atom. The molecule has 12 heavy (non-hydrogen) atoms. The van der Waals surface area contributed by atoms with E-state index >= 15 is 0 Å². The Morgan fingerprint density at radius 2 is 2.08 bits per heavy atom. The molecule has 0 unspecified atom stereocenters. The number of nitrogens with zero attached hydrogens (tertiary/aromatic N) is 1. The van der Waals surface area contributed by atoms with Crippen LogP contribution in [-0.2, 0) is 10.2 Å². The minimum Gasteiger partial charge on any atom is -0.302 e. The highest BCUT2D eigenvalue weighted by Gasteiger charge is 2.18. The fourth-order valence-corrected chi connectivity index (χ4v) is 0.917. The van der Waals surface area contributed by atoms with Crippen molar-refractivity contribution < 1.29 is 4.79 Å². The predicted octanol–water partition coefficient (Wildman–Crippen LogP) is 1.87. The van der Waals surface area contributed by atoms with Crippen LogP contribution in [-0.4, -0.2) is 11.3 Å². The second-order valence-electron chi connectivity index (χ2n) is 3.53. The third-order valence-corrected chi connectivity index (χ3v) is 1.95. The van der Waals surface area contributed by atoms with Crippen molar-refractivity contribution in [2.24, 2.45) is 0 Å². The number of carbonyl (C=O) groups is 1. The van der Waals surface area contributed by atoms with Crippen LogP contribution in [0.4, 0.5) is 0 Å². The van der Waals surface area contributed by atoms with Crippen molar-refractivity contribution in [2.45, 2.75) is 26.2 Å². The van der Waals surface area contributed by atoms with E-state index in [1.807, 2.05) is 32.9 Å². The Bertz CT molecular complexity index is 274. The molecule has 0 atom stereocenters. The van der Waals surface area contributed by atoms with Crippen molar-refractivity contribution >= 4 is 6.29 Å². The molecule has 64 valence electrons. The third-order valence-electron chi connectivity index (χ3n) is 1.95. The summed E-state index contributed by atoms with van der Waals surface area (Å²) in [5, 5.41) is 0. The van der Waals surface area contributed by atoms with Crippen molar-refractivity contribution in [2.75, 3.05) is 0 Å². The number of carbonyl (C=O) groups excluding carboxylic acids is 1. The van der Waals surface area contributed by atoms with Crippen LogP contribution >= 0.6 is 0 Å². The summed E-state index contributed by atoms with van der Waals surface area (Å²) in [6, 6.07) is 3.86. The first-order valence-electron chi connectivity index (χ1n) is 3.96. The van der Waals surface area contributed by atoms with Gasteiger partial charge in [0, 0.05) is 17.3 Å². The lowest BCUT2D eigenvalue weighted by atomic mass is 9.87. The fourth-order valence-electron chi connectivity index (χ4n) is 0.917. The van der Waals surface area contributed by atoms with Gasteiger partial charge in [0.05, 0.1) is 0 Å². The molecule has 1 heterocycles. The fraction of sp³-hybridized carbons (Fsp3) is 0.400. The molecule has 1 rings (SSSR count). The zero-order valence-electron chi connectivity index (χ0n) is 7.66. The van der Waals surface area contributed by atoms with Crippen LogP contribution in [0.5, 0.6) is 0 Å². The van der Waals surface area contributed by atoms with Crippen molar-refractivity contribution in [1.29, 1.82) is 0 Å². The van der Waals surface area contributed by atoms with Crippen LogP contribution < -0.4 is 0 Å². The van der Waals surface area contributed by atoms with Crippen LogP contribution in [0, 0.1) is 6.92 Å². The number of hydrogen-bond acceptors (Lipinski definition) is 2. The summed E-state index contributed by atoms with van der Waals surface area (Å²) in [6.07, 6.45) is 2.70. The topological polar surface area (TPSA) is 30.0 Å². The number of aryl methyl sites for hydroxylation is 1. The highest BCUT2D eigenvalue weighted by molar-refractivity contribution is 5.66. The average molecular weight is 163 g/mol. The van der Waals surface area contributed by atoms with Gasteiger partial charge in [0.25, 0.3) is 0 Å². The van der Waals surface area contributed by atoms with E-state index in [2.05, 4.69) is 4.98 Å². The second kappa shape index (κ2) is 3.05. The maximum atomic E-state index is 10.7. The van der Waals surface area contributed by atoms with E-state index in [1.54, 1.807) is 6.20 Å². The van der Waals surface area contributed by atoms with Gasteiger partial charge in [-0.2, -0.15) is 0 Å². The molecule has 0 aromatic carbocycles. The van der Waals surface area contributed by atoms with E-state index in [4.69, 9.17) is 0 Å². The van der Waals surface area contributed by atoms with Gasteiger partial charge in [-0.25, -0.2) is 0 Å². The first kappa shape index (κ1) is 8.91. The summed E-state index contributed by atoms with van der Waals surface area (Å²) in [5.74, 6) is 0. The molecular formula is C10H13NO. The zero-order chi connectivity index (χ0) is 9.19. The first-order chi connectivity index (χ1) is 5.56. The van der Waals surface area contributed by atoms with Gasteiger partial charge in [-0.1, -0.05) is 6.07 Å². The maximum absolute atomic E-state index is 10.7. The van der Waals surface area contributed by atoms with Gasteiger partial charge in [-0.05, 0) is 32.4 Å². The Balaban J connectivity index is 3.04. The number of rotatable bonds is 2. The Labute approximate surface area is 72.6 Å². The lowest BCUT2D eigenvalue weighted by Crippen LogP contribution is -2.18. The number of aldehydes is 1. The first-order valence-corrected chi connectivity index (χ1v) is 3.96. The second-order valence-corrected chi connectivity index (χ2v) is 3.53. The molecule has 0 bridgehead atoms. The maximum Gasteiger partial charge on any atom is 0.130 e. The van der Waals surface area contributed by atoms with E-state index in [9.17, 15) is 4.79 Å². The summed E-state index contributed by atoms with van der Waals surface area (Å²) < 4.78 is 0. The Hall–Kier alpha value is -1.18. The van der Waals surface area contributed by atoms with E-state index in [0.717, 1.165) is 17.5 Å². The van der Waals surface area contributed by atoms with E-state index in [1.165, 1.54) is 0 Å². The molecule has 0 aliphatic rings. The smallest absolute Gasteiger partial charge is 0.130 e. The summed E-state index contributed by atoms with van der Waals surface area (Å²) in [7, 11) is 0. The number of pyridine rings is 1. The summed E-state index contributed by atoms with van der Waals surface area (Å²) in [4.78, 5) is 14.8. The van der Waals surface area contributed by atoms with Gasteiger partial charge in [0.2, 0.25) is 0 Å². The van der Waals surface area contributed by atoms with Crippen molar-refractivity contribution in [3.63, 3.8) is 0 Å². The molecule has 0 amide bonds. The summed E-state index contributed by atoms with van der Waals surface area (Å²) >= 11 is 0. The van der Waals surface area contributed by atoms with Gasteiger partial charge < -0.3 is 4.79 Å². The number of hydrogen-bond donors (Lipinski definition) is 0. The van der Waals surface area contributed by atoms with Crippen molar-refractivity contribution in [3.8, 4) is 0 Å². The van der Waals surface area contributed by atoms with Crippen LogP contribution in [0.15, 0.2) is 18.3 Å². The highest BCUT2D eigenvalue weighted by atomic mass is 16.1. The largest absolute Gasteiger partial charge is 0.302 e. The van der Waals surface area contributed by atoms with E-state index in [-0.39, 0.29) is 0 Å². The van der Waals surface area contributed by atoms with Crippen LogP contribution in [0.25, 0.3) is 0 Å². The van der Waals surface area contributed by atoms with Gasteiger partial charge in [-0.15, -0.1) is 0 Å². The van der Waals surface area contributed by atoms with Crippen LogP contribution in [0.2, 0.25) is 0 Å². The Morgan fingerprint density at radius 3 is 2.50 bits per heavy atom. The molecule has 2 nitrogen and oxygen atoms in total. The standard InChI is InChI=1S/C10H13NO/c1-8-4-5-9(6-11-8)10(2,3)7-12/h4-7H,1-3H3. The molecule has 1 aromatic rings. The zero-order valence-corrected chi connectivity index (χ0v) is 7.66. The quantitative estimate of drug-likeness (QED) is 0.623. The minimum absolute atomic E-state index is 0.416. The van der Waals surface area contributed by atoms with Gasteiger partial charge in [0.1, 0.15) is 6.29 Å². The summed E-state index contributed by atoms with van der Waals surface area (Å²) in [6.45, 7) is 5.69. The molecule has 0 N–H and O–H groups in total. The molecule has 0 saturated carbocycles. The van der Waals surface area contributed by atoms with Gasteiger partial charge in [-0.3, -0.25) is 4.98 Å². The van der Waals surface area contributed by atoms with Gasteiger partial charge in [0.15, 0.2) is 0 Å². The monoisotopic (exact) mass is 163 g/mol. The lowest BCUT2D eigenvalue weighted by Gasteiger charge is -2.16. The molecule has 2 heteroatoms. The normalized spacial score (nSPS) is 11.2. The van der Waals surface area contributed by atoms with Crippen LogP contribution in [0.1, 0.15) is 25.1 Å². The molecule has 0 aliphatic carbocycles. The Kier molecular flexibility index (Phi) is 2.27. The molecule has 0 spiro atoms. The van der Waals surface area contributed by atoms with E-state index < -0.39 is 5.41 Å². The molecule has 1 aromatic heterocycles. The predicted molar refractivity (Wildman–Crippen MR) is 48.1 cm³/mol. The third kappa shape index (κ3) is 1.70. The molecule has 0 radical (unpaired) electrons. The minimum atomic E-state index is -0.416. The summed E-state index contributed by atoms with van der Waals surface area (Å²) in [5.41, 5.74) is 1.52. The molecule has 0 aliphatic heterocycles. The molecule has 0 saturated heterocycles. The van der Waals surface area contributed by atoms with Crippen LogP contribution in [0.3, 0.4) is 0 Å². The van der Waals surface area contributed by atoms with Gasteiger partial charge >= 0.3 is 0 Å². The van der Waals surface area contributed by atoms with Crippen molar-refractivity contribution in [1.82, 2.24) is 4.98 Å². The number of aromatic nitrogens is 1. The molecular weight excluding hydrogens is 150 g/mol. The molecule has 0 fully saturated rings.